The molecule has 5 heteroatoms. The third kappa shape index (κ3) is 5.26. The van der Waals surface area contributed by atoms with Crippen molar-refractivity contribution in [2.45, 2.75) is 25.7 Å². The first kappa shape index (κ1) is 20.6. The fourth-order valence-corrected chi connectivity index (χ4v) is 4.67. The lowest BCUT2D eigenvalue weighted by Crippen LogP contribution is -2.46. The second-order valence-electron chi connectivity index (χ2n) is 8.61. The Labute approximate surface area is 180 Å². The van der Waals surface area contributed by atoms with Crippen molar-refractivity contribution in [2.75, 3.05) is 44.7 Å². The van der Waals surface area contributed by atoms with Crippen molar-refractivity contribution in [1.29, 1.82) is 0 Å². The molecule has 2 saturated heterocycles. The third-order valence-corrected chi connectivity index (χ3v) is 6.52. The number of ether oxygens (including phenoxy) is 1. The van der Waals surface area contributed by atoms with Crippen molar-refractivity contribution >= 4 is 11.7 Å². The van der Waals surface area contributed by atoms with Gasteiger partial charge in [-0.2, -0.15) is 0 Å². The number of rotatable bonds is 6. The lowest BCUT2D eigenvalue weighted by Gasteiger charge is -2.32. The number of hydrogen-bond acceptors (Lipinski definition) is 3. The number of piperidine rings is 1. The van der Waals surface area contributed by atoms with Crippen molar-refractivity contribution in [3.8, 4) is 5.75 Å². The van der Waals surface area contributed by atoms with Crippen LogP contribution < -0.4 is 15.0 Å². The summed E-state index contributed by atoms with van der Waals surface area (Å²) in [5, 5.41) is 3.19. The van der Waals surface area contributed by atoms with Crippen LogP contribution in [-0.4, -0.2) is 50.8 Å². The van der Waals surface area contributed by atoms with Crippen LogP contribution in [0, 0.1) is 11.8 Å². The molecule has 2 aromatic carbocycles. The van der Waals surface area contributed by atoms with E-state index in [1.807, 2.05) is 17.0 Å². The Morgan fingerprint density at radius 1 is 1.00 bits per heavy atom. The minimum atomic E-state index is 0.105. The predicted molar refractivity (Wildman–Crippen MR) is 121 cm³/mol. The number of anilines is 1. The third-order valence-electron chi connectivity index (χ3n) is 6.52. The van der Waals surface area contributed by atoms with Crippen LogP contribution in [0.15, 0.2) is 54.6 Å². The Morgan fingerprint density at radius 2 is 1.77 bits per heavy atom. The van der Waals surface area contributed by atoms with Crippen LogP contribution in [0.4, 0.5) is 10.5 Å². The summed E-state index contributed by atoms with van der Waals surface area (Å²) in [6, 6.07) is 19.0. The van der Waals surface area contributed by atoms with Gasteiger partial charge in [-0.05, 0) is 55.2 Å². The van der Waals surface area contributed by atoms with E-state index in [4.69, 9.17) is 4.74 Å². The standard InChI is InChI=1S/C25H33N3O2/c1-30-24-9-5-8-23(17-24)28-15-12-22(19-28)18-26-25(29)27-13-10-21(11-14-27)16-20-6-3-2-4-7-20/h2-9,17,21-22H,10-16,18-19H2,1H3,(H,26,29). The van der Waals surface area contributed by atoms with E-state index >= 15 is 0 Å². The van der Waals surface area contributed by atoms with Gasteiger partial charge in [0.05, 0.1) is 7.11 Å². The maximum atomic E-state index is 12.6. The predicted octanol–water partition coefficient (Wildman–Crippen LogP) is 4.19. The van der Waals surface area contributed by atoms with Crippen LogP contribution in [0.5, 0.6) is 5.75 Å². The maximum Gasteiger partial charge on any atom is 0.317 e. The molecule has 0 bridgehead atoms. The lowest BCUT2D eigenvalue weighted by atomic mass is 9.90. The molecule has 0 radical (unpaired) electrons. The molecular formula is C25H33N3O2. The van der Waals surface area contributed by atoms with E-state index in [0.717, 1.165) is 64.2 Å². The van der Waals surface area contributed by atoms with E-state index < -0.39 is 0 Å². The van der Waals surface area contributed by atoms with Gasteiger partial charge >= 0.3 is 6.03 Å². The van der Waals surface area contributed by atoms with Crippen LogP contribution in [0.1, 0.15) is 24.8 Å². The van der Waals surface area contributed by atoms with Crippen LogP contribution in [0.2, 0.25) is 0 Å². The molecule has 2 aliphatic heterocycles. The van der Waals surface area contributed by atoms with Gasteiger partial charge in [-0.3, -0.25) is 0 Å². The number of amides is 2. The summed E-state index contributed by atoms with van der Waals surface area (Å²) in [5.74, 6) is 2.07. The molecule has 0 saturated carbocycles. The summed E-state index contributed by atoms with van der Waals surface area (Å²) in [7, 11) is 1.70. The molecule has 2 amide bonds. The van der Waals surface area contributed by atoms with Gasteiger partial charge in [0.2, 0.25) is 0 Å². The topological polar surface area (TPSA) is 44.8 Å². The molecule has 2 aromatic rings. The smallest absolute Gasteiger partial charge is 0.317 e. The Bertz CT molecular complexity index is 818. The molecule has 0 aromatic heterocycles. The second kappa shape index (κ2) is 9.88. The fraction of sp³-hybridized carbons (Fsp3) is 0.480. The number of urea groups is 1. The van der Waals surface area contributed by atoms with E-state index in [0.29, 0.717) is 11.8 Å². The Kier molecular flexibility index (Phi) is 6.77. The van der Waals surface area contributed by atoms with Crippen LogP contribution in [0.3, 0.4) is 0 Å². The van der Waals surface area contributed by atoms with Crippen molar-refractivity contribution in [2.24, 2.45) is 11.8 Å². The lowest BCUT2D eigenvalue weighted by molar-refractivity contribution is 0.169. The number of nitrogens with one attached hydrogen (secondary N) is 1. The normalized spacial score (nSPS) is 19.7. The van der Waals surface area contributed by atoms with Crippen LogP contribution in [0.25, 0.3) is 0 Å². The average molecular weight is 408 g/mol. The summed E-state index contributed by atoms with van der Waals surface area (Å²) >= 11 is 0. The molecule has 1 atom stereocenters. The first-order chi connectivity index (χ1) is 14.7. The summed E-state index contributed by atoms with van der Waals surface area (Å²) in [4.78, 5) is 17.0. The van der Waals surface area contributed by atoms with Gasteiger partial charge in [-0.1, -0.05) is 36.4 Å². The van der Waals surface area contributed by atoms with Crippen molar-refractivity contribution < 1.29 is 9.53 Å². The molecule has 160 valence electrons. The number of hydrogen-bond donors (Lipinski definition) is 1. The first-order valence-corrected chi connectivity index (χ1v) is 11.2. The van der Waals surface area contributed by atoms with Crippen LogP contribution >= 0.6 is 0 Å². The maximum absolute atomic E-state index is 12.6. The SMILES string of the molecule is COc1cccc(N2CCC(CNC(=O)N3CCC(Cc4ccccc4)CC3)C2)c1. The number of nitrogens with zero attached hydrogens (tertiary/aromatic N) is 2. The monoisotopic (exact) mass is 407 g/mol. The molecule has 1 N–H and O–H groups in total. The number of likely N-dealkylation sites (tertiary alicyclic amines) is 1. The van der Waals surface area contributed by atoms with E-state index in [-0.39, 0.29) is 6.03 Å². The van der Waals surface area contributed by atoms with Crippen LogP contribution in [-0.2, 0) is 6.42 Å². The molecule has 2 aliphatic rings. The summed E-state index contributed by atoms with van der Waals surface area (Å²) in [6.07, 6.45) is 4.42. The molecule has 1 unspecified atom stereocenters. The largest absolute Gasteiger partial charge is 0.497 e. The highest BCUT2D eigenvalue weighted by molar-refractivity contribution is 5.74. The number of benzene rings is 2. The molecule has 2 heterocycles. The minimum absolute atomic E-state index is 0.105. The zero-order chi connectivity index (χ0) is 20.8. The average Bonchev–Trinajstić information content (AvgIpc) is 3.28. The quantitative estimate of drug-likeness (QED) is 0.781. The van der Waals surface area contributed by atoms with Gasteiger partial charge < -0.3 is 19.9 Å². The molecule has 5 nitrogen and oxygen atoms in total. The van der Waals surface area contributed by atoms with Gasteiger partial charge in [0.15, 0.2) is 0 Å². The summed E-state index contributed by atoms with van der Waals surface area (Å²) < 4.78 is 5.34. The van der Waals surface area contributed by atoms with E-state index in [2.05, 4.69) is 52.7 Å². The second-order valence-corrected chi connectivity index (χ2v) is 8.61. The van der Waals surface area contributed by atoms with Gasteiger partial charge in [0, 0.05) is 44.5 Å². The van der Waals surface area contributed by atoms with Crippen molar-refractivity contribution in [1.82, 2.24) is 10.2 Å². The van der Waals surface area contributed by atoms with E-state index in [9.17, 15) is 4.79 Å². The highest BCUT2D eigenvalue weighted by Gasteiger charge is 2.26. The zero-order valence-electron chi connectivity index (χ0n) is 17.9. The highest BCUT2D eigenvalue weighted by Crippen LogP contribution is 2.27. The van der Waals surface area contributed by atoms with Gasteiger partial charge in [0.25, 0.3) is 0 Å². The summed E-state index contributed by atoms with van der Waals surface area (Å²) in [5.41, 5.74) is 2.60. The highest BCUT2D eigenvalue weighted by atomic mass is 16.5. The molecule has 2 fully saturated rings. The summed E-state index contributed by atoms with van der Waals surface area (Å²) in [6.45, 7) is 4.49. The zero-order valence-corrected chi connectivity index (χ0v) is 17.9. The molecule has 0 spiro atoms. The molecule has 0 aliphatic carbocycles. The first-order valence-electron chi connectivity index (χ1n) is 11.2. The number of carbonyl (C=O) groups excluding carboxylic acids is 1. The number of methoxy groups -OCH3 is 1. The number of carbonyl (C=O) groups is 1. The Morgan fingerprint density at radius 3 is 2.53 bits per heavy atom. The fourth-order valence-electron chi connectivity index (χ4n) is 4.67. The van der Waals surface area contributed by atoms with Gasteiger partial charge in [0.1, 0.15) is 5.75 Å². The van der Waals surface area contributed by atoms with E-state index in [1.165, 1.54) is 11.3 Å². The van der Waals surface area contributed by atoms with E-state index in [1.54, 1.807) is 7.11 Å². The molecule has 30 heavy (non-hydrogen) atoms. The molecular weight excluding hydrogens is 374 g/mol. The van der Waals surface area contributed by atoms with Gasteiger partial charge in [-0.15, -0.1) is 0 Å². The molecule has 4 rings (SSSR count). The van der Waals surface area contributed by atoms with Gasteiger partial charge in [-0.25, -0.2) is 4.79 Å². The van der Waals surface area contributed by atoms with Crippen molar-refractivity contribution in [3.63, 3.8) is 0 Å². The Hall–Kier alpha value is -2.69. The van der Waals surface area contributed by atoms with Crippen molar-refractivity contribution in [3.05, 3.63) is 60.2 Å². The Balaban J connectivity index is 1.18. The minimum Gasteiger partial charge on any atom is -0.497 e.